The van der Waals surface area contributed by atoms with E-state index in [0.29, 0.717) is 5.88 Å². The number of hydrogen-bond donors (Lipinski definition) is 1. The molecule has 0 atom stereocenters. The van der Waals surface area contributed by atoms with Crippen LogP contribution in [0.4, 0.5) is 5.13 Å². The van der Waals surface area contributed by atoms with Gasteiger partial charge in [0.1, 0.15) is 10.3 Å². The fraction of sp³-hybridized carbons (Fsp3) is 0.154. The molecule has 0 spiro atoms. The Kier molecular flexibility index (Phi) is 3.00. The second-order valence-corrected chi connectivity index (χ2v) is 4.86. The van der Waals surface area contributed by atoms with Gasteiger partial charge in [0.05, 0.1) is 12.8 Å². The molecule has 0 bridgehead atoms. The largest absolute Gasteiger partial charge is 0.481 e. The molecule has 3 aromatic heterocycles. The number of methoxy groups -OCH3 is 1. The highest BCUT2D eigenvalue weighted by Crippen LogP contribution is 2.27. The van der Waals surface area contributed by atoms with Gasteiger partial charge in [-0.1, -0.05) is 11.3 Å². The maximum Gasteiger partial charge on any atom is 0.212 e. The fourth-order valence-electron chi connectivity index (χ4n) is 1.74. The number of aromatic nitrogens is 3. The van der Waals surface area contributed by atoms with Crippen LogP contribution in [0.1, 0.15) is 0 Å². The minimum absolute atomic E-state index is 0.597. The molecular weight excluding hydrogens is 260 g/mol. The minimum atomic E-state index is 0.597. The first-order valence-electron chi connectivity index (χ1n) is 5.76. The summed E-state index contributed by atoms with van der Waals surface area (Å²) in [5, 5.41) is 3.90. The number of pyridine rings is 2. The van der Waals surface area contributed by atoms with Crippen molar-refractivity contribution < 1.29 is 4.74 Å². The summed E-state index contributed by atoms with van der Waals surface area (Å²) in [6, 6.07) is 7.69. The van der Waals surface area contributed by atoms with Gasteiger partial charge in [-0.2, -0.15) is 0 Å². The van der Waals surface area contributed by atoms with Crippen LogP contribution in [0.5, 0.6) is 5.88 Å². The quantitative estimate of drug-likeness (QED) is 0.794. The van der Waals surface area contributed by atoms with Crippen molar-refractivity contribution >= 4 is 26.8 Å². The van der Waals surface area contributed by atoms with Crippen LogP contribution in [-0.2, 0) is 0 Å². The Morgan fingerprint density at radius 3 is 2.74 bits per heavy atom. The van der Waals surface area contributed by atoms with Crippen molar-refractivity contribution in [1.82, 2.24) is 15.0 Å². The Labute approximate surface area is 114 Å². The van der Waals surface area contributed by atoms with Crippen LogP contribution in [0.15, 0.2) is 30.5 Å². The molecule has 0 saturated heterocycles. The van der Waals surface area contributed by atoms with Gasteiger partial charge in [-0.25, -0.2) is 15.0 Å². The summed E-state index contributed by atoms with van der Waals surface area (Å²) in [5.74, 6) is 0.597. The van der Waals surface area contributed by atoms with Gasteiger partial charge >= 0.3 is 0 Å². The van der Waals surface area contributed by atoms with Crippen molar-refractivity contribution in [2.24, 2.45) is 0 Å². The van der Waals surface area contributed by atoms with E-state index in [1.807, 2.05) is 31.3 Å². The van der Waals surface area contributed by atoms with E-state index in [-0.39, 0.29) is 0 Å². The lowest BCUT2D eigenvalue weighted by Gasteiger charge is -2.01. The van der Waals surface area contributed by atoms with Crippen molar-refractivity contribution in [1.29, 1.82) is 0 Å². The Balaban J connectivity index is 2.03. The minimum Gasteiger partial charge on any atom is -0.481 e. The van der Waals surface area contributed by atoms with E-state index in [1.165, 1.54) is 11.3 Å². The van der Waals surface area contributed by atoms with Gasteiger partial charge < -0.3 is 10.1 Å². The Bertz CT molecular complexity index is 708. The van der Waals surface area contributed by atoms with Crippen molar-refractivity contribution in [2.75, 3.05) is 19.5 Å². The molecule has 3 rings (SSSR count). The molecule has 0 fully saturated rings. The van der Waals surface area contributed by atoms with Gasteiger partial charge in [0.15, 0.2) is 5.13 Å². The molecule has 5 nitrogen and oxygen atoms in total. The standard InChI is InChI=1S/C13H12N4OS/c1-14-13-17-10-5-4-9(16-12(10)19-13)8-3-6-11(18-2)15-7-8/h3-7H,1-2H3,(H,14,17). The first kappa shape index (κ1) is 11.9. The molecule has 6 heteroatoms. The van der Waals surface area contributed by atoms with Crippen molar-refractivity contribution in [3.8, 4) is 17.1 Å². The molecule has 0 radical (unpaired) electrons. The smallest absolute Gasteiger partial charge is 0.212 e. The molecule has 3 aromatic rings. The SMILES string of the molecule is CNc1nc2ccc(-c3ccc(OC)nc3)nc2s1. The summed E-state index contributed by atoms with van der Waals surface area (Å²) in [4.78, 5) is 14.1. The van der Waals surface area contributed by atoms with Crippen LogP contribution < -0.4 is 10.1 Å². The van der Waals surface area contributed by atoms with Crippen LogP contribution in [0, 0.1) is 0 Å². The molecule has 1 N–H and O–H groups in total. The van der Waals surface area contributed by atoms with E-state index in [9.17, 15) is 0 Å². The van der Waals surface area contributed by atoms with Crippen LogP contribution in [0.25, 0.3) is 21.6 Å². The molecule has 0 aliphatic heterocycles. The maximum atomic E-state index is 5.05. The number of hydrogen-bond acceptors (Lipinski definition) is 6. The van der Waals surface area contributed by atoms with Gasteiger partial charge in [0.2, 0.25) is 5.88 Å². The molecule has 19 heavy (non-hydrogen) atoms. The maximum absolute atomic E-state index is 5.05. The van der Waals surface area contributed by atoms with E-state index in [0.717, 1.165) is 26.7 Å². The molecule has 96 valence electrons. The van der Waals surface area contributed by atoms with E-state index in [4.69, 9.17) is 4.74 Å². The molecule has 0 unspecified atom stereocenters. The lowest BCUT2D eigenvalue weighted by molar-refractivity contribution is 0.398. The van der Waals surface area contributed by atoms with Crippen molar-refractivity contribution in [2.45, 2.75) is 0 Å². The van der Waals surface area contributed by atoms with E-state index < -0.39 is 0 Å². The predicted molar refractivity (Wildman–Crippen MR) is 76.7 cm³/mol. The van der Waals surface area contributed by atoms with E-state index >= 15 is 0 Å². The zero-order chi connectivity index (χ0) is 13.2. The molecule has 3 heterocycles. The fourth-order valence-corrected chi connectivity index (χ4v) is 2.53. The highest BCUT2D eigenvalue weighted by atomic mass is 32.1. The third-order valence-corrected chi connectivity index (χ3v) is 3.69. The van der Waals surface area contributed by atoms with Gasteiger partial charge in [0.25, 0.3) is 0 Å². The second-order valence-electron chi connectivity index (χ2n) is 3.88. The summed E-state index contributed by atoms with van der Waals surface area (Å²) in [6.45, 7) is 0. The molecular formula is C13H12N4OS. The van der Waals surface area contributed by atoms with Crippen LogP contribution in [0.3, 0.4) is 0 Å². The summed E-state index contributed by atoms with van der Waals surface area (Å²) < 4.78 is 5.05. The highest BCUT2D eigenvalue weighted by Gasteiger charge is 2.07. The van der Waals surface area contributed by atoms with E-state index in [2.05, 4.69) is 20.3 Å². The summed E-state index contributed by atoms with van der Waals surface area (Å²) in [7, 11) is 3.45. The summed E-state index contributed by atoms with van der Waals surface area (Å²) >= 11 is 1.54. The Morgan fingerprint density at radius 1 is 1.16 bits per heavy atom. The first-order chi connectivity index (χ1) is 9.30. The number of ether oxygens (including phenoxy) is 1. The van der Waals surface area contributed by atoms with Gasteiger partial charge in [-0.05, 0) is 18.2 Å². The van der Waals surface area contributed by atoms with Crippen molar-refractivity contribution in [3.63, 3.8) is 0 Å². The zero-order valence-corrected chi connectivity index (χ0v) is 11.4. The lowest BCUT2D eigenvalue weighted by Crippen LogP contribution is -1.88. The first-order valence-corrected chi connectivity index (χ1v) is 6.57. The predicted octanol–water partition coefficient (Wildman–Crippen LogP) is 2.80. The Morgan fingerprint density at radius 2 is 2.05 bits per heavy atom. The normalized spacial score (nSPS) is 10.6. The van der Waals surface area contributed by atoms with Gasteiger partial charge in [0, 0.05) is 24.9 Å². The van der Waals surface area contributed by atoms with Gasteiger partial charge in [-0.15, -0.1) is 0 Å². The van der Waals surface area contributed by atoms with E-state index in [1.54, 1.807) is 13.3 Å². The third kappa shape index (κ3) is 2.22. The number of rotatable bonds is 3. The highest BCUT2D eigenvalue weighted by molar-refractivity contribution is 7.21. The van der Waals surface area contributed by atoms with Crippen LogP contribution in [0.2, 0.25) is 0 Å². The zero-order valence-electron chi connectivity index (χ0n) is 10.5. The molecule has 0 aromatic carbocycles. The average Bonchev–Trinajstić information content (AvgIpc) is 2.89. The lowest BCUT2D eigenvalue weighted by atomic mass is 10.2. The van der Waals surface area contributed by atoms with Crippen LogP contribution >= 0.6 is 11.3 Å². The molecule has 0 aliphatic carbocycles. The molecule has 0 aliphatic rings. The van der Waals surface area contributed by atoms with Crippen molar-refractivity contribution in [3.05, 3.63) is 30.5 Å². The van der Waals surface area contributed by atoms with Crippen LogP contribution in [-0.4, -0.2) is 29.1 Å². The number of fused-ring (bicyclic) bond motifs is 1. The summed E-state index contributed by atoms with van der Waals surface area (Å²) in [5.41, 5.74) is 2.75. The number of anilines is 1. The summed E-state index contributed by atoms with van der Waals surface area (Å²) in [6.07, 6.45) is 1.76. The molecule has 0 amide bonds. The number of nitrogens with zero attached hydrogens (tertiary/aromatic N) is 3. The van der Waals surface area contributed by atoms with Gasteiger partial charge in [-0.3, -0.25) is 0 Å². The third-order valence-electron chi connectivity index (χ3n) is 2.71. The average molecular weight is 272 g/mol. The second kappa shape index (κ2) is 4.81. The topological polar surface area (TPSA) is 59.9 Å². The monoisotopic (exact) mass is 272 g/mol. The Hall–Kier alpha value is -2.21. The molecule has 0 saturated carbocycles. The number of thiazole rings is 1. The number of nitrogens with one attached hydrogen (secondary N) is 1.